The van der Waals surface area contributed by atoms with Gasteiger partial charge in [-0.2, -0.15) is 0 Å². The lowest BCUT2D eigenvalue weighted by molar-refractivity contribution is -0.147. The van der Waals surface area contributed by atoms with Crippen molar-refractivity contribution in [1.29, 1.82) is 0 Å². The molecule has 2 saturated heterocycles. The van der Waals surface area contributed by atoms with Crippen molar-refractivity contribution in [3.63, 3.8) is 0 Å². The fourth-order valence-electron chi connectivity index (χ4n) is 3.07. The summed E-state index contributed by atoms with van der Waals surface area (Å²) in [4.78, 5) is 23.1. The van der Waals surface area contributed by atoms with Gasteiger partial charge >= 0.3 is 5.97 Å². The van der Waals surface area contributed by atoms with Crippen LogP contribution in [0, 0.1) is 5.92 Å². The maximum atomic E-state index is 12.0. The third-order valence-corrected chi connectivity index (χ3v) is 4.31. The van der Waals surface area contributed by atoms with Crippen LogP contribution in [0.3, 0.4) is 0 Å². The molecular weight excluding hydrogens is 272 g/mol. The Morgan fingerprint density at radius 3 is 2.76 bits per heavy atom. The Hall–Kier alpha value is -1.82. The number of rotatable bonds is 3. The van der Waals surface area contributed by atoms with E-state index in [4.69, 9.17) is 9.84 Å². The number of hydrogen-bond acceptors (Lipinski definition) is 4. The molecule has 0 unspecified atom stereocenters. The van der Waals surface area contributed by atoms with Crippen molar-refractivity contribution in [3.05, 3.63) is 34.2 Å². The lowest BCUT2D eigenvalue weighted by Gasteiger charge is -2.28. The van der Waals surface area contributed by atoms with Crippen molar-refractivity contribution in [2.24, 2.45) is 5.92 Å². The van der Waals surface area contributed by atoms with Crippen LogP contribution in [-0.4, -0.2) is 35.4 Å². The van der Waals surface area contributed by atoms with Crippen LogP contribution in [0.15, 0.2) is 23.1 Å². The van der Waals surface area contributed by atoms with Crippen molar-refractivity contribution in [3.8, 4) is 0 Å². The van der Waals surface area contributed by atoms with Gasteiger partial charge < -0.3 is 14.9 Å². The molecule has 6 nitrogen and oxygen atoms in total. The number of carboxylic acid groups (broad SMARTS) is 1. The predicted octanol–water partition coefficient (Wildman–Crippen LogP) is 1.13. The largest absolute Gasteiger partial charge is 0.481 e. The first-order valence-corrected chi connectivity index (χ1v) is 7.47. The number of pyridine rings is 1. The highest BCUT2D eigenvalue weighted by Gasteiger charge is 2.29. The minimum atomic E-state index is -0.767. The van der Waals surface area contributed by atoms with Crippen molar-refractivity contribution in [1.82, 2.24) is 4.68 Å². The van der Waals surface area contributed by atoms with Crippen molar-refractivity contribution >= 4 is 5.97 Å². The molecule has 1 aromatic rings. The summed E-state index contributed by atoms with van der Waals surface area (Å²) in [5, 5.41) is 11.2. The van der Waals surface area contributed by atoms with E-state index < -0.39 is 5.97 Å². The molecular formula is C15H20N2O4. The van der Waals surface area contributed by atoms with Crippen LogP contribution in [0.1, 0.15) is 37.4 Å². The highest BCUT2D eigenvalue weighted by atomic mass is 16.5. The van der Waals surface area contributed by atoms with E-state index >= 15 is 0 Å². The topological polar surface area (TPSA) is 71.8 Å². The Kier molecular flexibility index (Phi) is 3.96. The summed E-state index contributed by atoms with van der Waals surface area (Å²) < 4.78 is 7.35. The van der Waals surface area contributed by atoms with Gasteiger partial charge in [0.15, 0.2) is 0 Å². The van der Waals surface area contributed by atoms with Crippen molar-refractivity contribution < 1.29 is 14.6 Å². The number of aromatic nitrogens is 1. The van der Waals surface area contributed by atoms with Gasteiger partial charge in [0.1, 0.15) is 0 Å². The Bertz CT molecular complexity index is 577. The number of ether oxygens (including phenoxy) is 1. The quantitative estimate of drug-likeness (QED) is 0.904. The van der Waals surface area contributed by atoms with E-state index in [-0.39, 0.29) is 17.6 Å². The third-order valence-electron chi connectivity index (χ3n) is 4.31. The molecule has 1 N–H and O–H groups in total. The second-order valence-electron chi connectivity index (χ2n) is 5.72. The molecule has 0 bridgehead atoms. The molecule has 2 atom stereocenters. The van der Waals surface area contributed by atoms with E-state index in [1.807, 2.05) is 11.2 Å². The minimum Gasteiger partial charge on any atom is -0.481 e. The zero-order valence-electron chi connectivity index (χ0n) is 11.9. The van der Waals surface area contributed by atoms with E-state index in [0.717, 1.165) is 31.5 Å². The van der Waals surface area contributed by atoms with E-state index in [1.165, 1.54) is 0 Å². The SMILES string of the molecule is O=C(O)[C@H]1CCO[C@@H](c2ccc(=O)n(N3CCCC3)c2)C1. The molecule has 0 amide bonds. The van der Waals surface area contributed by atoms with Gasteiger partial charge in [0.25, 0.3) is 5.56 Å². The molecule has 3 heterocycles. The van der Waals surface area contributed by atoms with E-state index in [0.29, 0.717) is 19.4 Å². The van der Waals surface area contributed by atoms with Crippen molar-refractivity contribution in [2.45, 2.75) is 31.8 Å². The van der Waals surface area contributed by atoms with Gasteiger partial charge in [-0.25, -0.2) is 4.68 Å². The van der Waals surface area contributed by atoms with Gasteiger partial charge in [0, 0.05) is 32.0 Å². The van der Waals surface area contributed by atoms with Crippen LogP contribution in [-0.2, 0) is 9.53 Å². The number of nitrogens with zero attached hydrogens (tertiary/aromatic N) is 2. The van der Waals surface area contributed by atoms with Gasteiger partial charge in [-0.3, -0.25) is 9.59 Å². The second-order valence-corrected chi connectivity index (χ2v) is 5.72. The van der Waals surface area contributed by atoms with Gasteiger partial charge in [0.2, 0.25) is 0 Å². The first-order valence-electron chi connectivity index (χ1n) is 7.47. The van der Waals surface area contributed by atoms with Crippen LogP contribution in [0.2, 0.25) is 0 Å². The lowest BCUT2D eigenvalue weighted by Crippen LogP contribution is -2.40. The fourth-order valence-corrected chi connectivity index (χ4v) is 3.07. The molecule has 0 aliphatic carbocycles. The van der Waals surface area contributed by atoms with Gasteiger partial charge in [-0.15, -0.1) is 0 Å². The van der Waals surface area contributed by atoms with E-state index in [9.17, 15) is 9.59 Å². The molecule has 6 heteroatoms. The average molecular weight is 292 g/mol. The molecule has 0 radical (unpaired) electrons. The molecule has 21 heavy (non-hydrogen) atoms. The highest BCUT2D eigenvalue weighted by Crippen LogP contribution is 2.31. The third kappa shape index (κ3) is 2.95. The first-order chi connectivity index (χ1) is 10.1. The molecule has 0 spiro atoms. The molecule has 1 aromatic heterocycles. The van der Waals surface area contributed by atoms with Crippen LogP contribution < -0.4 is 10.6 Å². The number of carboxylic acids is 1. The molecule has 3 rings (SSSR count). The highest BCUT2D eigenvalue weighted by molar-refractivity contribution is 5.70. The van der Waals surface area contributed by atoms with Crippen LogP contribution >= 0.6 is 0 Å². The maximum Gasteiger partial charge on any atom is 0.306 e. The zero-order chi connectivity index (χ0) is 14.8. The zero-order valence-corrected chi connectivity index (χ0v) is 11.9. The molecule has 2 aliphatic heterocycles. The Morgan fingerprint density at radius 1 is 1.29 bits per heavy atom. The summed E-state index contributed by atoms with van der Waals surface area (Å²) in [6, 6.07) is 3.30. The first kappa shape index (κ1) is 14.1. The van der Waals surface area contributed by atoms with Gasteiger partial charge in [-0.05, 0) is 37.3 Å². The van der Waals surface area contributed by atoms with Crippen molar-refractivity contribution in [2.75, 3.05) is 24.7 Å². The van der Waals surface area contributed by atoms with Crippen LogP contribution in [0.4, 0.5) is 0 Å². The lowest BCUT2D eigenvalue weighted by atomic mass is 9.93. The van der Waals surface area contributed by atoms with E-state index in [1.54, 1.807) is 16.8 Å². The number of hydrogen-bond donors (Lipinski definition) is 1. The predicted molar refractivity (Wildman–Crippen MR) is 76.9 cm³/mol. The normalized spacial score (nSPS) is 26.0. The Balaban J connectivity index is 1.83. The van der Waals surface area contributed by atoms with E-state index in [2.05, 4.69) is 0 Å². The summed E-state index contributed by atoms with van der Waals surface area (Å²) >= 11 is 0. The summed E-state index contributed by atoms with van der Waals surface area (Å²) in [6.45, 7) is 2.21. The summed E-state index contributed by atoms with van der Waals surface area (Å²) in [5.41, 5.74) is 0.832. The average Bonchev–Trinajstić information content (AvgIpc) is 3.02. The Labute approximate surface area is 122 Å². The summed E-state index contributed by atoms with van der Waals surface area (Å²) in [5.74, 6) is -1.13. The molecule has 0 aromatic carbocycles. The molecule has 114 valence electrons. The summed E-state index contributed by atoms with van der Waals surface area (Å²) in [6.07, 6.45) is 4.78. The summed E-state index contributed by atoms with van der Waals surface area (Å²) in [7, 11) is 0. The minimum absolute atomic E-state index is 0.0498. The molecule has 2 fully saturated rings. The standard InChI is InChI=1S/C15H20N2O4/c18-14-4-3-12(10-17(14)16-6-1-2-7-16)13-9-11(15(19)20)5-8-21-13/h3-4,10-11,13H,1-2,5-9H2,(H,19,20)/t11-,13+/m0/s1. The monoisotopic (exact) mass is 292 g/mol. The maximum absolute atomic E-state index is 12.0. The Morgan fingerprint density at radius 2 is 2.05 bits per heavy atom. The van der Waals surface area contributed by atoms with Crippen LogP contribution in [0.25, 0.3) is 0 Å². The molecule has 2 aliphatic rings. The smallest absolute Gasteiger partial charge is 0.306 e. The fraction of sp³-hybridized carbons (Fsp3) is 0.600. The number of aliphatic carboxylic acids is 1. The van der Waals surface area contributed by atoms with Crippen LogP contribution in [0.5, 0.6) is 0 Å². The molecule has 0 saturated carbocycles. The second kappa shape index (κ2) is 5.89. The number of carbonyl (C=O) groups is 1. The van der Waals surface area contributed by atoms with Gasteiger partial charge in [0.05, 0.1) is 12.0 Å². The van der Waals surface area contributed by atoms with Gasteiger partial charge in [-0.1, -0.05) is 0 Å².